The Morgan fingerprint density at radius 3 is 2.40 bits per heavy atom. The molecule has 0 saturated carbocycles. The first-order valence-corrected chi connectivity index (χ1v) is 7.25. The van der Waals surface area contributed by atoms with Gasteiger partial charge in [-0.1, -0.05) is 57.5 Å². The molecule has 0 aromatic heterocycles. The molecule has 1 aromatic rings. The van der Waals surface area contributed by atoms with E-state index in [1.807, 2.05) is 37.3 Å². The van der Waals surface area contributed by atoms with Gasteiger partial charge in [0.1, 0.15) is 5.54 Å². The van der Waals surface area contributed by atoms with Gasteiger partial charge >= 0.3 is 0 Å². The minimum absolute atomic E-state index is 0.0588. The second kappa shape index (κ2) is 7.09. The number of carbonyl (C=O) groups excluding carboxylic acids is 1. The lowest BCUT2D eigenvalue weighted by atomic mass is 9.84. The summed E-state index contributed by atoms with van der Waals surface area (Å²) in [5, 5.41) is 12.1. The quantitative estimate of drug-likeness (QED) is 0.859. The highest BCUT2D eigenvalue weighted by molar-refractivity contribution is 5.85. The van der Waals surface area contributed by atoms with Crippen LogP contribution in [0.4, 0.5) is 0 Å². The Hall–Kier alpha value is -1.82. The number of nitrogens with one attached hydrogen (secondary N) is 1. The predicted molar refractivity (Wildman–Crippen MR) is 81.1 cm³/mol. The SMILES string of the molecule is CCC(C)C(C(=O)NC(C)(C#N)CC)c1ccccc1. The van der Waals surface area contributed by atoms with Crippen molar-refractivity contribution < 1.29 is 4.79 Å². The van der Waals surface area contributed by atoms with Crippen LogP contribution in [0.1, 0.15) is 52.0 Å². The largest absolute Gasteiger partial charge is 0.338 e. The minimum atomic E-state index is -0.794. The van der Waals surface area contributed by atoms with Crippen LogP contribution < -0.4 is 5.32 Å². The molecule has 0 bridgehead atoms. The van der Waals surface area contributed by atoms with Gasteiger partial charge in [0, 0.05) is 0 Å². The van der Waals surface area contributed by atoms with E-state index in [-0.39, 0.29) is 17.7 Å². The van der Waals surface area contributed by atoms with Gasteiger partial charge < -0.3 is 5.32 Å². The number of carbonyl (C=O) groups is 1. The molecule has 0 spiro atoms. The molecule has 1 N–H and O–H groups in total. The van der Waals surface area contributed by atoms with Gasteiger partial charge in [0.15, 0.2) is 0 Å². The monoisotopic (exact) mass is 272 g/mol. The summed E-state index contributed by atoms with van der Waals surface area (Å²) in [6, 6.07) is 12.0. The smallest absolute Gasteiger partial charge is 0.229 e. The predicted octanol–water partition coefficient (Wildman–Crippen LogP) is 3.62. The second-order valence-electron chi connectivity index (χ2n) is 5.56. The van der Waals surface area contributed by atoms with Gasteiger partial charge in [0.05, 0.1) is 12.0 Å². The van der Waals surface area contributed by atoms with Crippen LogP contribution in [0.3, 0.4) is 0 Å². The lowest BCUT2D eigenvalue weighted by Crippen LogP contribution is -2.47. The molecule has 3 heteroatoms. The number of nitrogens with zero attached hydrogens (tertiary/aromatic N) is 1. The Morgan fingerprint density at radius 1 is 1.35 bits per heavy atom. The van der Waals surface area contributed by atoms with Crippen LogP contribution in [0, 0.1) is 17.2 Å². The fourth-order valence-corrected chi connectivity index (χ4v) is 2.18. The molecule has 108 valence electrons. The van der Waals surface area contributed by atoms with Crippen molar-refractivity contribution in [2.75, 3.05) is 0 Å². The summed E-state index contributed by atoms with van der Waals surface area (Å²) in [6.45, 7) is 7.83. The lowest BCUT2D eigenvalue weighted by Gasteiger charge is -2.28. The van der Waals surface area contributed by atoms with E-state index < -0.39 is 5.54 Å². The maximum atomic E-state index is 12.6. The van der Waals surface area contributed by atoms with Gasteiger partial charge in [-0.25, -0.2) is 0 Å². The zero-order valence-electron chi connectivity index (χ0n) is 12.8. The summed E-state index contributed by atoms with van der Waals surface area (Å²) in [4.78, 5) is 12.6. The highest BCUT2D eigenvalue weighted by atomic mass is 16.2. The Labute approximate surface area is 122 Å². The summed E-state index contributed by atoms with van der Waals surface area (Å²) in [6.07, 6.45) is 1.51. The van der Waals surface area contributed by atoms with E-state index in [4.69, 9.17) is 0 Å². The van der Waals surface area contributed by atoms with Gasteiger partial charge in [-0.05, 0) is 24.8 Å². The third kappa shape index (κ3) is 3.84. The molecule has 3 atom stereocenters. The zero-order chi connectivity index (χ0) is 15.2. The molecule has 3 unspecified atom stereocenters. The molecule has 0 fully saturated rings. The standard InChI is InChI=1S/C17H24N2O/c1-5-13(3)15(14-10-8-7-9-11-14)16(20)19-17(4,6-2)12-18/h7-11,13,15H,5-6H2,1-4H3,(H,19,20). The number of hydrogen-bond acceptors (Lipinski definition) is 2. The van der Waals surface area contributed by atoms with E-state index in [2.05, 4.69) is 25.2 Å². The highest BCUT2D eigenvalue weighted by Gasteiger charge is 2.31. The van der Waals surface area contributed by atoms with Gasteiger partial charge in [0.2, 0.25) is 5.91 Å². The lowest BCUT2D eigenvalue weighted by molar-refractivity contribution is -0.125. The van der Waals surface area contributed by atoms with Crippen LogP contribution in [0.15, 0.2) is 30.3 Å². The number of rotatable bonds is 6. The molecule has 20 heavy (non-hydrogen) atoms. The van der Waals surface area contributed by atoms with E-state index >= 15 is 0 Å². The van der Waals surface area contributed by atoms with Crippen LogP contribution in [0.25, 0.3) is 0 Å². The molecule has 1 amide bonds. The molecule has 0 heterocycles. The van der Waals surface area contributed by atoms with Crippen molar-refractivity contribution in [1.29, 1.82) is 5.26 Å². The molecular weight excluding hydrogens is 248 g/mol. The van der Waals surface area contributed by atoms with Crippen molar-refractivity contribution in [3.05, 3.63) is 35.9 Å². The number of nitriles is 1. The van der Waals surface area contributed by atoms with Gasteiger partial charge in [0.25, 0.3) is 0 Å². The summed E-state index contributed by atoms with van der Waals surface area (Å²) in [5.41, 5.74) is 0.216. The van der Waals surface area contributed by atoms with Crippen LogP contribution in [0.5, 0.6) is 0 Å². The third-order valence-electron chi connectivity index (χ3n) is 4.01. The summed E-state index contributed by atoms with van der Waals surface area (Å²) >= 11 is 0. The minimum Gasteiger partial charge on any atom is -0.338 e. The first-order valence-electron chi connectivity index (χ1n) is 7.25. The fraction of sp³-hybridized carbons (Fsp3) is 0.529. The van der Waals surface area contributed by atoms with E-state index in [1.54, 1.807) is 6.92 Å². The van der Waals surface area contributed by atoms with Gasteiger partial charge in [-0.2, -0.15) is 5.26 Å². The molecule has 0 radical (unpaired) electrons. The molecule has 1 aromatic carbocycles. The summed E-state index contributed by atoms with van der Waals surface area (Å²) < 4.78 is 0. The average Bonchev–Trinajstić information content (AvgIpc) is 2.48. The maximum Gasteiger partial charge on any atom is 0.229 e. The summed E-state index contributed by atoms with van der Waals surface area (Å²) in [5.74, 6) is -0.0333. The maximum absolute atomic E-state index is 12.6. The first kappa shape index (κ1) is 16.2. The van der Waals surface area contributed by atoms with Crippen LogP contribution in [-0.2, 0) is 4.79 Å². The van der Waals surface area contributed by atoms with Crippen LogP contribution >= 0.6 is 0 Å². The zero-order valence-corrected chi connectivity index (χ0v) is 12.8. The van der Waals surface area contributed by atoms with Crippen molar-refractivity contribution >= 4 is 5.91 Å². The van der Waals surface area contributed by atoms with Crippen molar-refractivity contribution in [2.24, 2.45) is 5.92 Å². The normalized spacial score (nSPS) is 16.6. The van der Waals surface area contributed by atoms with Gasteiger partial charge in [-0.15, -0.1) is 0 Å². The highest BCUT2D eigenvalue weighted by Crippen LogP contribution is 2.28. The number of benzene rings is 1. The molecule has 0 saturated heterocycles. The van der Waals surface area contributed by atoms with Crippen molar-refractivity contribution in [2.45, 2.75) is 52.0 Å². The number of hydrogen-bond donors (Lipinski definition) is 1. The van der Waals surface area contributed by atoms with Crippen LogP contribution in [0.2, 0.25) is 0 Å². The Morgan fingerprint density at radius 2 is 1.95 bits per heavy atom. The second-order valence-corrected chi connectivity index (χ2v) is 5.56. The number of amides is 1. The Balaban J connectivity index is 3.02. The van der Waals surface area contributed by atoms with Crippen molar-refractivity contribution in [1.82, 2.24) is 5.32 Å². The molecule has 1 rings (SSSR count). The molecular formula is C17H24N2O. The molecule has 0 aliphatic heterocycles. The summed E-state index contributed by atoms with van der Waals surface area (Å²) in [7, 11) is 0. The van der Waals surface area contributed by atoms with Crippen molar-refractivity contribution in [3.8, 4) is 6.07 Å². The molecule has 0 aliphatic carbocycles. The Kier molecular flexibility index (Phi) is 5.76. The third-order valence-corrected chi connectivity index (χ3v) is 4.01. The van der Waals surface area contributed by atoms with E-state index in [9.17, 15) is 10.1 Å². The fourth-order valence-electron chi connectivity index (χ4n) is 2.18. The molecule has 3 nitrogen and oxygen atoms in total. The van der Waals surface area contributed by atoms with E-state index in [1.165, 1.54) is 0 Å². The van der Waals surface area contributed by atoms with Crippen LogP contribution in [-0.4, -0.2) is 11.4 Å². The first-order chi connectivity index (χ1) is 9.47. The molecule has 0 aliphatic rings. The van der Waals surface area contributed by atoms with E-state index in [0.29, 0.717) is 6.42 Å². The van der Waals surface area contributed by atoms with Gasteiger partial charge in [-0.3, -0.25) is 4.79 Å². The van der Waals surface area contributed by atoms with E-state index in [0.717, 1.165) is 12.0 Å². The Bertz CT molecular complexity index is 478. The average molecular weight is 272 g/mol. The van der Waals surface area contributed by atoms with Crippen molar-refractivity contribution in [3.63, 3.8) is 0 Å². The topological polar surface area (TPSA) is 52.9 Å².